The first kappa shape index (κ1) is 16.1. The Labute approximate surface area is 104 Å². The van der Waals surface area contributed by atoms with Crippen LogP contribution in [-0.4, -0.2) is 13.3 Å². The molecule has 0 fully saturated rings. The van der Waals surface area contributed by atoms with Crippen molar-refractivity contribution in [1.82, 2.24) is 0 Å². The molecule has 1 aromatic rings. The molecule has 1 atom stereocenters. The molecule has 98 valence electrons. The van der Waals surface area contributed by atoms with Gasteiger partial charge >= 0.3 is 6.18 Å². The number of nitrogens with two attached hydrogens (primary N) is 1. The summed E-state index contributed by atoms with van der Waals surface area (Å²) in [6.07, 6.45) is -5.18. The van der Waals surface area contributed by atoms with Gasteiger partial charge in [0.15, 0.2) is 0 Å². The van der Waals surface area contributed by atoms with E-state index < -0.39 is 18.6 Å². The van der Waals surface area contributed by atoms with Gasteiger partial charge in [0, 0.05) is 18.0 Å². The largest absolute Gasteiger partial charge is 0.496 e. The number of halogens is 4. The first-order valence-corrected chi connectivity index (χ1v) is 4.89. The Morgan fingerprint density at radius 1 is 1.29 bits per heavy atom. The summed E-state index contributed by atoms with van der Waals surface area (Å²) in [5, 5.41) is 0. The molecule has 1 rings (SSSR count). The molecule has 0 unspecified atom stereocenters. The molecule has 2 nitrogen and oxygen atoms in total. The topological polar surface area (TPSA) is 35.2 Å². The molecular formula is C11H15ClF3NO. The van der Waals surface area contributed by atoms with Gasteiger partial charge in [-0.1, -0.05) is 18.2 Å². The maximum absolute atomic E-state index is 12.0. The Balaban J connectivity index is 0.00000256. The van der Waals surface area contributed by atoms with Crippen LogP contribution in [0.4, 0.5) is 13.2 Å². The van der Waals surface area contributed by atoms with Crippen molar-refractivity contribution in [2.24, 2.45) is 5.73 Å². The lowest BCUT2D eigenvalue weighted by molar-refractivity contribution is -0.136. The van der Waals surface area contributed by atoms with Gasteiger partial charge < -0.3 is 10.5 Å². The fraction of sp³-hybridized carbons (Fsp3) is 0.455. The number of alkyl halides is 3. The summed E-state index contributed by atoms with van der Waals surface area (Å²) in [4.78, 5) is 0. The molecule has 0 heterocycles. The van der Waals surface area contributed by atoms with E-state index in [9.17, 15) is 13.2 Å². The van der Waals surface area contributed by atoms with Gasteiger partial charge in [0.05, 0.1) is 7.11 Å². The van der Waals surface area contributed by atoms with E-state index in [1.165, 1.54) is 7.11 Å². The highest BCUT2D eigenvalue weighted by Gasteiger charge is 2.28. The Bertz CT molecular complexity index is 344. The van der Waals surface area contributed by atoms with Gasteiger partial charge in [-0.3, -0.25) is 0 Å². The molecule has 17 heavy (non-hydrogen) atoms. The number of methoxy groups -OCH3 is 1. The maximum Gasteiger partial charge on any atom is 0.389 e. The molecule has 0 radical (unpaired) electrons. The average molecular weight is 270 g/mol. The molecule has 0 aliphatic heterocycles. The van der Waals surface area contributed by atoms with Crippen molar-refractivity contribution < 1.29 is 17.9 Å². The summed E-state index contributed by atoms with van der Waals surface area (Å²) in [6, 6.07) is 6.19. The highest BCUT2D eigenvalue weighted by Crippen LogP contribution is 2.30. The standard InChI is InChI=1S/C11H14F3NO.ClH/c1-16-10-5-3-2-4-8(10)9(15)6-7-11(12,13)14;/h2-5,9H,6-7,15H2,1H3;1H/t9-;/m1./s1. The average Bonchev–Trinajstić information content (AvgIpc) is 2.25. The summed E-state index contributed by atoms with van der Waals surface area (Å²) < 4.78 is 41.1. The molecule has 0 bridgehead atoms. The van der Waals surface area contributed by atoms with E-state index in [-0.39, 0.29) is 18.8 Å². The van der Waals surface area contributed by atoms with Crippen LogP contribution in [0.1, 0.15) is 24.4 Å². The molecular weight excluding hydrogens is 255 g/mol. The second kappa shape index (κ2) is 6.71. The van der Waals surface area contributed by atoms with Crippen LogP contribution in [0, 0.1) is 0 Å². The molecule has 0 spiro atoms. The van der Waals surface area contributed by atoms with Crippen LogP contribution < -0.4 is 10.5 Å². The molecule has 0 aromatic heterocycles. The van der Waals surface area contributed by atoms with Gasteiger partial charge in [0.25, 0.3) is 0 Å². The number of benzene rings is 1. The Hall–Kier alpha value is -0.940. The van der Waals surface area contributed by atoms with Crippen molar-refractivity contribution in [1.29, 1.82) is 0 Å². The molecule has 0 saturated carbocycles. The van der Waals surface area contributed by atoms with Crippen LogP contribution in [-0.2, 0) is 0 Å². The fourth-order valence-corrected chi connectivity index (χ4v) is 1.45. The van der Waals surface area contributed by atoms with E-state index in [2.05, 4.69) is 0 Å². The zero-order valence-electron chi connectivity index (χ0n) is 9.33. The SMILES string of the molecule is COc1ccccc1[C@H](N)CCC(F)(F)F.Cl. The number of hydrogen-bond donors (Lipinski definition) is 1. The van der Waals surface area contributed by atoms with Crippen LogP contribution in [0.2, 0.25) is 0 Å². The Morgan fingerprint density at radius 3 is 2.41 bits per heavy atom. The molecule has 2 N–H and O–H groups in total. The smallest absolute Gasteiger partial charge is 0.389 e. The molecule has 1 aromatic carbocycles. The normalized spacial score (nSPS) is 12.8. The van der Waals surface area contributed by atoms with E-state index in [1.807, 2.05) is 0 Å². The van der Waals surface area contributed by atoms with Crippen molar-refractivity contribution in [3.05, 3.63) is 29.8 Å². The number of para-hydroxylation sites is 1. The summed E-state index contributed by atoms with van der Waals surface area (Å²) in [5.74, 6) is 0.525. The van der Waals surface area contributed by atoms with Crippen molar-refractivity contribution >= 4 is 12.4 Å². The van der Waals surface area contributed by atoms with Gasteiger partial charge in [-0.15, -0.1) is 12.4 Å². The van der Waals surface area contributed by atoms with Crippen LogP contribution in [0.15, 0.2) is 24.3 Å². The van der Waals surface area contributed by atoms with E-state index in [1.54, 1.807) is 24.3 Å². The molecule has 6 heteroatoms. The Morgan fingerprint density at radius 2 is 1.88 bits per heavy atom. The Kier molecular flexibility index (Phi) is 6.34. The van der Waals surface area contributed by atoms with Crippen molar-refractivity contribution in [3.63, 3.8) is 0 Å². The third-order valence-electron chi connectivity index (χ3n) is 2.28. The van der Waals surface area contributed by atoms with Crippen LogP contribution >= 0.6 is 12.4 Å². The van der Waals surface area contributed by atoms with Gasteiger partial charge in [0.2, 0.25) is 0 Å². The fourth-order valence-electron chi connectivity index (χ4n) is 1.45. The lowest BCUT2D eigenvalue weighted by Crippen LogP contribution is -2.16. The predicted molar refractivity (Wildman–Crippen MR) is 62.5 cm³/mol. The minimum Gasteiger partial charge on any atom is -0.496 e. The monoisotopic (exact) mass is 269 g/mol. The molecule has 0 amide bonds. The first-order valence-electron chi connectivity index (χ1n) is 4.89. The highest BCUT2D eigenvalue weighted by atomic mass is 35.5. The van der Waals surface area contributed by atoms with Gasteiger partial charge in [0.1, 0.15) is 5.75 Å². The summed E-state index contributed by atoms with van der Waals surface area (Å²) in [6.45, 7) is 0. The quantitative estimate of drug-likeness (QED) is 0.908. The van der Waals surface area contributed by atoms with E-state index in [0.29, 0.717) is 11.3 Å². The van der Waals surface area contributed by atoms with Crippen LogP contribution in [0.5, 0.6) is 5.75 Å². The van der Waals surface area contributed by atoms with Crippen LogP contribution in [0.3, 0.4) is 0 Å². The summed E-state index contributed by atoms with van der Waals surface area (Å²) >= 11 is 0. The lowest BCUT2D eigenvalue weighted by Gasteiger charge is -2.16. The number of ether oxygens (including phenoxy) is 1. The third kappa shape index (κ3) is 5.28. The van der Waals surface area contributed by atoms with E-state index in [0.717, 1.165) is 0 Å². The minimum atomic E-state index is -4.17. The lowest BCUT2D eigenvalue weighted by atomic mass is 10.0. The van der Waals surface area contributed by atoms with E-state index >= 15 is 0 Å². The van der Waals surface area contributed by atoms with Gasteiger partial charge in [-0.2, -0.15) is 13.2 Å². The summed E-state index contributed by atoms with van der Waals surface area (Å²) in [7, 11) is 1.47. The third-order valence-corrected chi connectivity index (χ3v) is 2.28. The second-order valence-electron chi connectivity index (χ2n) is 3.50. The minimum absolute atomic E-state index is 0. The predicted octanol–water partition coefficient (Wildman–Crippen LogP) is 3.46. The maximum atomic E-state index is 12.0. The zero-order chi connectivity index (χ0) is 12.2. The van der Waals surface area contributed by atoms with Gasteiger partial charge in [-0.05, 0) is 12.5 Å². The van der Waals surface area contributed by atoms with E-state index in [4.69, 9.17) is 10.5 Å². The molecule has 0 aliphatic carbocycles. The van der Waals surface area contributed by atoms with Crippen LogP contribution in [0.25, 0.3) is 0 Å². The van der Waals surface area contributed by atoms with Crippen molar-refractivity contribution in [2.75, 3.05) is 7.11 Å². The highest BCUT2D eigenvalue weighted by molar-refractivity contribution is 5.85. The first-order chi connectivity index (χ1) is 7.44. The second-order valence-corrected chi connectivity index (χ2v) is 3.50. The van der Waals surface area contributed by atoms with Gasteiger partial charge in [-0.25, -0.2) is 0 Å². The van der Waals surface area contributed by atoms with Crippen molar-refractivity contribution in [3.8, 4) is 5.75 Å². The molecule has 0 saturated heterocycles. The van der Waals surface area contributed by atoms with Crippen molar-refractivity contribution in [2.45, 2.75) is 25.1 Å². The number of rotatable bonds is 4. The summed E-state index contributed by atoms with van der Waals surface area (Å²) in [5.41, 5.74) is 6.30. The number of hydrogen-bond acceptors (Lipinski definition) is 2. The molecule has 0 aliphatic rings. The zero-order valence-corrected chi connectivity index (χ0v) is 10.1.